The number of rotatable bonds is 5. The number of anilines is 1. The van der Waals surface area contributed by atoms with Gasteiger partial charge >= 0.3 is 6.18 Å². The highest BCUT2D eigenvalue weighted by molar-refractivity contribution is 5.91. The molecule has 1 amide bonds. The van der Waals surface area contributed by atoms with Gasteiger partial charge in [0, 0.05) is 24.4 Å². The summed E-state index contributed by atoms with van der Waals surface area (Å²) in [7, 11) is 0. The molecule has 1 fully saturated rings. The topological polar surface area (TPSA) is 78.9 Å². The SMILES string of the molecule is CC(C)c1nc(NCC(=O)NC2CNC2)c2cc(C(F)(F)F)ccc2n1. The van der Waals surface area contributed by atoms with Crippen molar-refractivity contribution < 1.29 is 18.0 Å². The summed E-state index contributed by atoms with van der Waals surface area (Å²) in [5.74, 6) is 0.494. The van der Waals surface area contributed by atoms with E-state index in [1.807, 2.05) is 13.8 Å². The predicted molar refractivity (Wildman–Crippen MR) is 91.9 cm³/mol. The normalized spacial score (nSPS) is 15.2. The molecule has 3 rings (SSSR count). The second-order valence-corrected chi connectivity index (χ2v) is 6.59. The van der Waals surface area contributed by atoms with Crippen LogP contribution in [-0.2, 0) is 11.0 Å². The minimum absolute atomic E-state index is 0.00267. The van der Waals surface area contributed by atoms with Crippen LogP contribution in [0.5, 0.6) is 0 Å². The summed E-state index contributed by atoms with van der Waals surface area (Å²) in [4.78, 5) is 20.6. The number of nitrogens with zero attached hydrogens (tertiary/aromatic N) is 2. The third-order valence-electron chi connectivity index (χ3n) is 4.12. The summed E-state index contributed by atoms with van der Waals surface area (Å²) >= 11 is 0. The molecule has 3 N–H and O–H groups in total. The highest BCUT2D eigenvalue weighted by atomic mass is 19.4. The zero-order valence-corrected chi connectivity index (χ0v) is 14.4. The van der Waals surface area contributed by atoms with Crippen LogP contribution in [0.25, 0.3) is 10.9 Å². The van der Waals surface area contributed by atoms with Crippen LogP contribution in [0.4, 0.5) is 19.0 Å². The van der Waals surface area contributed by atoms with Crippen molar-refractivity contribution in [3.05, 3.63) is 29.6 Å². The molecule has 1 aromatic heterocycles. The molecule has 0 unspecified atom stereocenters. The predicted octanol–water partition coefficient (Wildman–Crippen LogP) is 2.27. The average molecular weight is 367 g/mol. The van der Waals surface area contributed by atoms with E-state index in [0.29, 0.717) is 24.4 Å². The molecule has 2 heterocycles. The van der Waals surface area contributed by atoms with Crippen molar-refractivity contribution in [2.75, 3.05) is 25.0 Å². The minimum Gasteiger partial charge on any atom is -0.360 e. The van der Waals surface area contributed by atoms with Crippen LogP contribution in [0.2, 0.25) is 0 Å². The molecule has 0 aliphatic carbocycles. The molecule has 26 heavy (non-hydrogen) atoms. The Bertz CT molecular complexity index is 818. The summed E-state index contributed by atoms with van der Waals surface area (Å²) in [5, 5.41) is 8.97. The van der Waals surface area contributed by atoms with Gasteiger partial charge in [0.15, 0.2) is 0 Å². The lowest BCUT2D eigenvalue weighted by atomic mass is 10.1. The highest BCUT2D eigenvalue weighted by Crippen LogP contribution is 2.33. The molecule has 1 saturated heterocycles. The molecule has 0 saturated carbocycles. The first-order valence-corrected chi connectivity index (χ1v) is 8.37. The smallest absolute Gasteiger partial charge is 0.360 e. The molecular formula is C17H20F3N5O. The molecule has 140 valence electrons. The molecule has 6 nitrogen and oxygen atoms in total. The lowest BCUT2D eigenvalue weighted by Gasteiger charge is -2.28. The first-order valence-electron chi connectivity index (χ1n) is 8.37. The van der Waals surface area contributed by atoms with E-state index in [4.69, 9.17) is 0 Å². The summed E-state index contributed by atoms with van der Waals surface area (Å²) in [6.07, 6.45) is -4.46. The van der Waals surface area contributed by atoms with Crippen molar-refractivity contribution in [2.24, 2.45) is 0 Å². The van der Waals surface area contributed by atoms with Gasteiger partial charge in [-0.1, -0.05) is 13.8 Å². The van der Waals surface area contributed by atoms with Gasteiger partial charge in [-0.3, -0.25) is 4.79 Å². The molecule has 0 radical (unpaired) electrons. The Morgan fingerprint density at radius 3 is 2.62 bits per heavy atom. The van der Waals surface area contributed by atoms with Crippen LogP contribution < -0.4 is 16.0 Å². The Labute approximate surface area is 148 Å². The number of fused-ring (bicyclic) bond motifs is 1. The lowest BCUT2D eigenvalue weighted by Crippen LogP contribution is -2.57. The van der Waals surface area contributed by atoms with Crippen LogP contribution >= 0.6 is 0 Å². The van der Waals surface area contributed by atoms with Gasteiger partial charge in [-0.15, -0.1) is 0 Å². The fraction of sp³-hybridized carbons (Fsp3) is 0.471. The Balaban J connectivity index is 1.90. The van der Waals surface area contributed by atoms with Crippen LogP contribution in [0.15, 0.2) is 18.2 Å². The maximum Gasteiger partial charge on any atom is 0.416 e. The first-order chi connectivity index (χ1) is 12.2. The standard InChI is InChI=1S/C17H20F3N5O/c1-9(2)15-24-13-4-3-10(17(18,19)20)5-12(13)16(25-15)22-8-14(26)23-11-6-21-7-11/h3-5,9,11,21H,6-8H2,1-2H3,(H,23,26)(H,22,24,25). The molecule has 0 spiro atoms. The maximum atomic E-state index is 13.0. The molecule has 9 heteroatoms. The van der Waals surface area contributed by atoms with E-state index in [1.165, 1.54) is 6.07 Å². The minimum atomic E-state index is -4.46. The number of benzene rings is 1. The zero-order valence-electron chi connectivity index (χ0n) is 14.4. The van der Waals surface area contributed by atoms with Crippen molar-refractivity contribution in [1.29, 1.82) is 0 Å². The number of alkyl halides is 3. The number of carbonyl (C=O) groups is 1. The first kappa shape index (κ1) is 18.4. The van der Waals surface area contributed by atoms with Crippen molar-refractivity contribution in [1.82, 2.24) is 20.6 Å². The van der Waals surface area contributed by atoms with E-state index in [2.05, 4.69) is 25.9 Å². The molecule has 0 bridgehead atoms. The second-order valence-electron chi connectivity index (χ2n) is 6.59. The molecule has 1 aliphatic heterocycles. The lowest BCUT2D eigenvalue weighted by molar-refractivity contribution is -0.137. The van der Waals surface area contributed by atoms with Gasteiger partial charge in [-0.05, 0) is 18.2 Å². The van der Waals surface area contributed by atoms with E-state index in [9.17, 15) is 18.0 Å². The quantitative estimate of drug-likeness (QED) is 0.756. The van der Waals surface area contributed by atoms with E-state index in [0.717, 1.165) is 12.1 Å². The van der Waals surface area contributed by atoms with Crippen molar-refractivity contribution in [2.45, 2.75) is 32.0 Å². The van der Waals surface area contributed by atoms with Crippen molar-refractivity contribution >= 4 is 22.6 Å². The maximum absolute atomic E-state index is 13.0. The number of aromatic nitrogens is 2. The van der Waals surface area contributed by atoms with Gasteiger partial charge in [0.2, 0.25) is 5.91 Å². The largest absolute Gasteiger partial charge is 0.416 e. The van der Waals surface area contributed by atoms with Gasteiger partial charge in [-0.25, -0.2) is 9.97 Å². The summed E-state index contributed by atoms with van der Waals surface area (Å²) < 4.78 is 39.1. The van der Waals surface area contributed by atoms with E-state index in [-0.39, 0.29) is 35.6 Å². The number of carbonyl (C=O) groups excluding carboxylic acids is 1. The van der Waals surface area contributed by atoms with E-state index < -0.39 is 11.7 Å². The van der Waals surface area contributed by atoms with E-state index in [1.54, 1.807) is 0 Å². The number of amides is 1. The number of hydrogen-bond donors (Lipinski definition) is 3. The van der Waals surface area contributed by atoms with Gasteiger partial charge in [0.25, 0.3) is 0 Å². The number of halogens is 3. The number of nitrogens with one attached hydrogen (secondary N) is 3. The van der Waals surface area contributed by atoms with Gasteiger partial charge in [-0.2, -0.15) is 13.2 Å². The van der Waals surface area contributed by atoms with Crippen LogP contribution in [0.3, 0.4) is 0 Å². The Hall–Kier alpha value is -2.42. The highest BCUT2D eigenvalue weighted by Gasteiger charge is 2.31. The monoisotopic (exact) mass is 367 g/mol. The third-order valence-corrected chi connectivity index (χ3v) is 4.12. The Morgan fingerprint density at radius 1 is 1.31 bits per heavy atom. The molecule has 1 aliphatic rings. The van der Waals surface area contributed by atoms with Crippen molar-refractivity contribution in [3.63, 3.8) is 0 Å². The summed E-state index contributed by atoms with van der Waals surface area (Å²) in [6, 6.07) is 3.43. The van der Waals surface area contributed by atoms with Crippen LogP contribution in [0, 0.1) is 0 Å². The molecule has 0 atom stereocenters. The van der Waals surface area contributed by atoms with Gasteiger partial charge in [0.05, 0.1) is 23.7 Å². The second kappa shape index (κ2) is 7.06. The van der Waals surface area contributed by atoms with Gasteiger partial charge in [0.1, 0.15) is 11.6 Å². The molecule has 2 aromatic rings. The molecular weight excluding hydrogens is 347 g/mol. The van der Waals surface area contributed by atoms with E-state index >= 15 is 0 Å². The summed E-state index contributed by atoms with van der Waals surface area (Å²) in [5.41, 5.74) is -0.373. The average Bonchev–Trinajstić information content (AvgIpc) is 2.54. The van der Waals surface area contributed by atoms with Crippen LogP contribution in [0.1, 0.15) is 31.2 Å². The summed E-state index contributed by atoms with van der Waals surface area (Å²) in [6.45, 7) is 5.15. The third kappa shape index (κ3) is 4.04. The van der Waals surface area contributed by atoms with Crippen LogP contribution in [-0.4, -0.2) is 41.6 Å². The zero-order chi connectivity index (χ0) is 18.9. The number of hydrogen-bond acceptors (Lipinski definition) is 5. The Morgan fingerprint density at radius 2 is 2.04 bits per heavy atom. The Kier molecular flexibility index (Phi) is 4.99. The fourth-order valence-corrected chi connectivity index (χ4v) is 2.55. The fourth-order valence-electron chi connectivity index (χ4n) is 2.55. The van der Waals surface area contributed by atoms with Crippen molar-refractivity contribution in [3.8, 4) is 0 Å². The molecule has 1 aromatic carbocycles. The van der Waals surface area contributed by atoms with Gasteiger partial charge < -0.3 is 16.0 Å².